The topological polar surface area (TPSA) is 78.6 Å². The second-order valence-electron chi connectivity index (χ2n) is 8.01. The number of thiocarbonyl (C=S) groups is 1. The Hall–Kier alpha value is -3.49. The van der Waals surface area contributed by atoms with Crippen molar-refractivity contribution in [3.05, 3.63) is 106 Å². The third kappa shape index (κ3) is 4.10. The maximum Gasteiger partial charge on any atom is 0.335 e. The van der Waals surface area contributed by atoms with E-state index in [2.05, 4.69) is 26.2 Å². The Morgan fingerprint density at radius 2 is 1.91 bits per heavy atom. The summed E-state index contributed by atoms with van der Waals surface area (Å²) < 4.78 is 7.36. The zero-order chi connectivity index (χ0) is 23.8. The highest BCUT2D eigenvalue weighted by molar-refractivity contribution is 9.10. The predicted octanol–water partition coefficient (Wildman–Crippen LogP) is 6.29. The summed E-state index contributed by atoms with van der Waals surface area (Å²) in [5.41, 5.74) is 3.70. The number of furan rings is 1. The van der Waals surface area contributed by atoms with Crippen molar-refractivity contribution in [3.63, 3.8) is 0 Å². The van der Waals surface area contributed by atoms with E-state index in [1.165, 1.54) is 0 Å². The van der Waals surface area contributed by atoms with Crippen LogP contribution in [0.3, 0.4) is 0 Å². The molecule has 0 aliphatic carbocycles. The van der Waals surface area contributed by atoms with Crippen LogP contribution < -0.4 is 10.2 Å². The normalized spacial score (nSPS) is 17.6. The molecule has 2 N–H and O–H groups in total. The van der Waals surface area contributed by atoms with Crippen LogP contribution in [0.4, 0.5) is 5.69 Å². The molecule has 1 saturated heterocycles. The van der Waals surface area contributed by atoms with Crippen LogP contribution >= 0.6 is 28.1 Å². The highest BCUT2D eigenvalue weighted by Gasteiger charge is 2.42. The van der Waals surface area contributed by atoms with Crippen LogP contribution in [0.2, 0.25) is 0 Å². The quantitative estimate of drug-likeness (QED) is 0.292. The van der Waals surface area contributed by atoms with E-state index >= 15 is 0 Å². The Kier molecular flexibility index (Phi) is 5.93. The molecule has 0 bridgehead atoms. The third-order valence-corrected chi connectivity index (χ3v) is 6.70. The molecule has 2 atom stereocenters. The molecule has 0 unspecified atom stereocenters. The standard InChI is InChI=1S/C26H20BrN3O3S/c1-15-14-16(25(31)32)5-10-19(15)21-11-12-22(33-21)24-23(20-4-2-3-13-28-20)29-26(34)30(24)18-8-6-17(27)7-9-18/h2-14,23-24H,1H3,(H,29,34)(H,31,32)/t23-,24-/m0/s1. The van der Waals surface area contributed by atoms with Crippen LogP contribution in [0.15, 0.2) is 87.9 Å². The molecule has 0 amide bonds. The van der Waals surface area contributed by atoms with Gasteiger partial charge in [0.25, 0.3) is 0 Å². The fraction of sp³-hybridized carbons (Fsp3) is 0.115. The molecule has 2 aromatic heterocycles. The monoisotopic (exact) mass is 533 g/mol. The average molecular weight is 534 g/mol. The van der Waals surface area contributed by atoms with E-state index in [9.17, 15) is 9.90 Å². The maximum absolute atomic E-state index is 11.3. The SMILES string of the molecule is Cc1cc(C(=O)O)ccc1-c1ccc([C@H]2[C@H](c3ccccn3)NC(=S)N2c2ccc(Br)cc2)o1. The number of halogens is 1. The first-order valence-corrected chi connectivity index (χ1v) is 11.8. The lowest BCUT2D eigenvalue weighted by Crippen LogP contribution is -2.29. The number of aryl methyl sites for hydroxylation is 1. The van der Waals surface area contributed by atoms with E-state index in [0.717, 1.165) is 32.7 Å². The fourth-order valence-corrected chi connectivity index (χ4v) is 4.86. The van der Waals surface area contributed by atoms with E-state index in [4.69, 9.17) is 16.6 Å². The Morgan fingerprint density at radius 1 is 1.12 bits per heavy atom. The molecule has 170 valence electrons. The summed E-state index contributed by atoms with van der Waals surface area (Å²) in [6, 6.07) is 22.2. The first kappa shape index (κ1) is 22.3. The molecular weight excluding hydrogens is 514 g/mol. The summed E-state index contributed by atoms with van der Waals surface area (Å²) in [6.07, 6.45) is 1.76. The van der Waals surface area contributed by atoms with Gasteiger partial charge in [-0.1, -0.05) is 28.1 Å². The summed E-state index contributed by atoms with van der Waals surface area (Å²) in [7, 11) is 0. The van der Waals surface area contributed by atoms with E-state index in [1.54, 1.807) is 24.4 Å². The number of aromatic carboxylic acids is 1. The largest absolute Gasteiger partial charge is 0.478 e. The highest BCUT2D eigenvalue weighted by atomic mass is 79.9. The number of hydrogen-bond donors (Lipinski definition) is 2. The number of benzene rings is 2. The zero-order valence-corrected chi connectivity index (χ0v) is 20.5. The number of nitrogens with zero attached hydrogens (tertiary/aromatic N) is 2. The Morgan fingerprint density at radius 3 is 2.59 bits per heavy atom. The Labute approximate surface area is 210 Å². The number of carboxylic acids is 1. The highest BCUT2D eigenvalue weighted by Crippen LogP contribution is 2.43. The molecule has 8 heteroatoms. The number of anilines is 1. The molecule has 1 aliphatic rings. The number of rotatable bonds is 5. The molecule has 3 heterocycles. The number of pyridine rings is 1. The molecule has 0 radical (unpaired) electrons. The van der Waals surface area contributed by atoms with Gasteiger partial charge in [0.15, 0.2) is 5.11 Å². The van der Waals surface area contributed by atoms with Gasteiger partial charge in [0, 0.05) is 21.9 Å². The van der Waals surface area contributed by atoms with E-state index in [-0.39, 0.29) is 17.6 Å². The lowest BCUT2D eigenvalue weighted by molar-refractivity contribution is 0.0697. The van der Waals surface area contributed by atoms with Crippen molar-refractivity contribution in [2.75, 3.05) is 4.90 Å². The minimum absolute atomic E-state index is 0.216. The predicted molar refractivity (Wildman–Crippen MR) is 138 cm³/mol. The second-order valence-corrected chi connectivity index (χ2v) is 9.31. The first-order valence-electron chi connectivity index (χ1n) is 10.6. The molecule has 6 nitrogen and oxygen atoms in total. The lowest BCUT2D eigenvalue weighted by Gasteiger charge is -2.26. The maximum atomic E-state index is 11.3. The van der Waals surface area contributed by atoms with Gasteiger partial charge in [-0.05, 0) is 85.4 Å². The van der Waals surface area contributed by atoms with Gasteiger partial charge in [-0.2, -0.15) is 0 Å². The summed E-state index contributed by atoms with van der Waals surface area (Å²) in [5, 5.41) is 13.3. The zero-order valence-electron chi connectivity index (χ0n) is 18.1. The molecule has 4 aromatic rings. The van der Waals surface area contributed by atoms with Crippen LogP contribution in [0.1, 0.15) is 39.5 Å². The second kappa shape index (κ2) is 9.04. The average Bonchev–Trinajstić information content (AvgIpc) is 3.44. The number of carbonyl (C=O) groups is 1. The van der Waals surface area contributed by atoms with E-state index in [0.29, 0.717) is 10.9 Å². The van der Waals surface area contributed by atoms with Crippen LogP contribution in [0, 0.1) is 6.92 Å². The van der Waals surface area contributed by atoms with Gasteiger partial charge >= 0.3 is 5.97 Å². The van der Waals surface area contributed by atoms with Gasteiger partial charge in [-0.15, -0.1) is 0 Å². The summed E-state index contributed by atoms with van der Waals surface area (Å²) in [4.78, 5) is 17.9. The summed E-state index contributed by atoms with van der Waals surface area (Å²) >= 11 is 9.24. The smallest absolute Gasteiger partial charge is 0.335 e. The van der Waals surface area contributed by atoms with Gasteiger partial charge in [0.05, 0.1) is 17.3 Å². The van der Waals surface area contributed by atoms with Crippen LogP contribution in [0.25, 0.3) is 11.3 Å². The van der Waals surface area contributed by atoms with Crippen molar-refractivity contribution >= 4 is 44.9 Å². The summed E-state index contributed by atoms with van der Waals surface area (Å²) in [6.45, 7) is 1.88. The van der Waals surface area contributed by atoms with Crippen molar-refractivity contribution in [3.8, 4) is 11.3 Å². The Balaban J connectivity index is 1.58. The number of carboxylic acid groups (broad SMARTS) is 1. The minimum atomic E-state index is -0.955. The summed E-state index contributed by atoms with van der Waals surface area (Å²) in [5.74, 6) is 0.434. The van der Waals surface area contributed by atoms with Crippen molar-refractivity contribution < 1.29 is 14.3 Å². The van der Waals surface area contributed by atoms with Gasteiger partial charge in [-0.25, -0.2) is 4.79 Å². The van der Waals surface area contributed by atoms with Crippen molar-refractivity contribution in [1.82, 2.24) is 10.3 Å². The number of hydrogen-bond acceptors (Lipinski definition) is 4. The molecule has 0 saturated carbocycles. The van der Waals surface area contributed by atoms with Crippen LogP contribution in [-0.4, -0.2) is 21.2 Å². The molecule has 5 rings (SSSR count). The van der Waals surface area contributed by atoms with Gasteiger partial charge < -0.3 is 19.7 Å². The van der Waals surface area contributed by atoms with Crippen LogP contribution in [0.5, 0.6) is 0 Å². The molecule has 2 aromatic carbocycles. The van der Waals surface area contributed by atoms with Crippen LogP contribution in [-0.2, 0) is 0 Å². The molecular formula is C26H20BrN3O3S. The third-order valence-electron chi connectivity index (χ3n) is 5.86. The number of nitrogens with one attached hydrogen (secondary N) is 1. The molecule has 1 fully saturated rings. The lowest BCUT2D eigenvalue weighted by atomic mass is 10.0. The first-order chi connectivity index (χ1) is 16.4. The van der Waals surface area contributed by atoms with E-state index in [1.807, 2.05) is 66.4 Å². The van der Waals surface area contributed by atoms with Crippen molar-refractivity contribution in [1.29, 1.82) is 0 Å². The number of aromatic nitrogens is 1. The minimum Gasteiger partial charge on any atom is -0.478 e. The van der Waals surface area contributed by atoms with E-state index < -0.39 is 5.97 Å². The van der Waals surface area contributed by atoms with Gasteiger partial charge in [-0.3, -0.25) is 4.98 Å². The van der Waals surface area contributed by atoms with Gasteiger partial charge in [0.1, 0.15) is 17.6 Å². The molecule has 1 aliphatic heterocycles. The van der Waals surface area contributed by atoms with Crippen molar-refractivity contribution in [2.24, 2.45) is 0 Å². The molecule has 34 heavy (non-hydrogen) atoms. The van der Waals surface area contributed by atoms with Gasteiger partial charge in [0.2, 0.25) is 0 Å². The fourth-order valence-electron chi connectivity index (χ4n) is 4.25. The molecule has 0 spiro atoms. The van der Waals surface area contributed by atoms with Crippen molar-refractivity contribution in [2.45, 2.75) is 19.0 Å². The Bertz CT molecular complexity index is 1370.